The Bertz CT molecular complexity index is 1700. The first-order valence-corrected chi connectivity index (χ1v) is 17.7. The number of halogens is 1. The van der Waals surface area contributed by atoms with E-state index in [9.17, 15) is 18.0 Å². The molecular weight excluding hydrogens is 628 g/mol. The quantitative estimate of drug-likeness (QED) is 0.269. The summed E-state index contributed by atoms with van der Waals surface area (Å²) in [5.41, 5.74) is 1.98. The van der Waals surface area contributed by atoms with Crippen LogP contribution < -0.4 is 19.9 Å². The minimum atomic E-state index is -3.80. The molecule has 0 atom stereocenters. The Kier molecular flexibility index (Phi) is 10.7. The molecule has 1 N–H and O–H groups in total. The van der Waals surface area contributed by atoms with Gasteiger partial charge in [0.15, 0.2) is 0 Å². The van der Waals surface area contributed by atoms with Crippen LogP contribution in [-0.2, 0) is 16.8 Å². The van der Waals surface area contributed by atoms with E-state index in [1.807, 2.05) is 29.7 Å². The molecule has 0 spiro atoms. The van der Waals surface area contributed by atoms with E-state index in [-0.39, 0.29) is 36.7 Å². The van der Waals surface area contributed by atoms with Gasteiger partial charge in [-0.15, -0.1) is 0 Å². The Hall–Kier alpha value is -3.45. The van der Waals surface area contributed by atoms with Gasteiger partial charge in [-0.3, -0.25) is 9.59 Å². The molecule has 2 heterocycles. The van der Waals surface area contributed by atoms with Crippen molar-refractivity contribution < 1.29 is 17.9 Å². The zero-order chi connectivity index (χ0) is 32.9. The molecule has 1 aromatic heterocycles. The van der Waals surface area contributed by atoms with Gasteiger partial charge in [-0.1, -0.05) is 50.6 Å². The van der Waals surface area contributed by atoms with Gasteiger partial charge in [-0.2, -0.15) is 27.2 Å². The highest BCUT2D eigenvalue weighted by molar-refractivity contribution is 7.87. The number of carbonyl (C=O) groups is 1. The van der Waals surface area contributed by atoms with Crippen molar-refractivity contribution in [3.8, 4) is 11.4 Å². The van der Waals surface area contributed by atoms with Crippen molar-refractivity contribution in [2.24, 2.45) is 5.41 Å². The fourth-order valence-corrected chi connectivity index (χ4v) is 6.83. The highest BCUT2D eigenvalue weighted by atomic mass is 35.5. The molecule has 3 aromatic rings. The number of benzene rings is 2. The van der Waals surface area contributed by atoms with Crippen LogP contribution in [-0.4, -0.2) is 79.2 Å². The zero-order valence-corrected chi connectivity index (χ0v) is 28.3. The Morgan fingerprint density at radius 1 is 1.04 bits per heavy atom. The van der Waals surface area contributed by atoms with Gasteiger partial charge in [0, 0.05) is 61.8 Å². The van der Waals surface area contributed by atoms with Gasteiger partial charge < -0.3 is 14.5 Å². The van der Waals surface area contributed by atoms with Crippen molar-refractivity contribution in [3.63, 3.8) is 0 Å². The van der Waals surface area contributed by atoms with E-state index in [1.54, 1.807) is 48.7 Å². The molecule has 13 heteroatoms. The number of anilines is 1. The normalized spacial score (nSPS) is 16.3. The summed E-state index contributed by atoms with van der Waals surface area (Å²) in [6, 6.07) is 14.0. The van der Waals surface area contributed by atoms with E-state index in [4.69, 9.17) is 16.3 Å². The molecule has 1 amide bonds. The molecule has 11 nitrogen and oxygen atoms in total. The largest absolute Gasteiger partial charge is 0.486 e. The molecule has 2 aliphatic rings. The maximum absolute atomic E-state index is 13.7. The average molecular weight is 671 g/mol. The molecule has 1 saturated carbocycles. The molecule has 1 saturated heterocycles. The zero-order valence-electron chi connectivity index (χ0n) is 26.7. The molecule has 2 fully saturated rings. The molecule has 1 aliphatic heterocycles. The second-order valence-corrected chi connectivity index (χ2v) is 14.6. The molecular formula is C33H43ClN6O5S. The van der Waals surface area contributed by atoms with Crippen molar-refractivity contribution in [1.29, 1.82) is 0 Å². The number of carbonyl (C=O) groups excluding carboxylic acids is 1. The maximum atomic E-state index is 13.7. The smallest absolute Gasteiger partial charge is 0.316 e. The van der Waals surface area contributed by atoms with E-state index in [2.05, 4.69) is 16.7 Å². The number of piperazine rings is 1. The summed E-state index contributed by atoms with van der Waals surface area (Å²) in [4.78, 5) is 30.5. The first kappa shape index (κ1) is 33.9. The summed E-state index contributed by atoms with van der Waals surface area (Å²) >= 11 is 6.17. The van der Waals surface area contributed by atoms with Crippen molar-refractivity contribution in [1.82, 2.24) is 23.7 Å². The Balaban J connectivity index is 1.26. The Labute approximate surface area is 276 Å². The Morgan fingerprint density at radius 2 is 1.74 bits per heavy atom. The fraction of sp³-hybridized carbons (Fsp3) is 0.485. The van der Waals surface area contributed by atoms with E-state index in [1.165, 1.54) is 8.99 Å². The molecule has 0 unspecified atom stereocenters. The number of amides is 1. The molecule has 46 heavy (non-hydrogen) atoms. The van der Waals surface area contributed by atoms with E-state index in [0.29, 0.717) is 60.3 Å². The second-order valence-electron chi connectivity index (χ2n) is 12.4. The van der Waals surface area contributed by atoms with Gasteiger partial charge in [-0.05, 0) is 61.6 Å². The molecule has 1 aliphatic carbocycles. The van der Waals surface area contributed by atoms with E-state index in [0.717, 1.165) is 25.7 Å². The summed E-state index contributed by atoms with van der Waals surface area (Å²) in [5.74, 6) is 0.150. The second kappa shape index (κ2) is 14.5. The van der Waals surface area contributed by atoms with Crippen LogP contribution in [0.4, 0.5) is 5.69 Å². The number of rotatable bonds is 14. The van der Waals surface area contributed by atoms with Crippen LogP contribution in [0.1, 0.15) is 62.4 Å². The number of nitrogens with zero attached hydrogens (tertiary/aromatic N) is 5. The van der Waals surface area contributed by atoms with Gasteiger partial charge in [0.05, 0.1) is 18.5 Å². The lowest BCUT2D eigenvalue weighted by atomic mass is 10.1. The first-order valence-electron chi connectivity index (χ1n) is 15.9. The third kappa shape index (κ3) is 8.09. The third-order valence-corrected chi connectivity index (χ3v) is 10.3. The number of aromatic nitrogens is 2. The number of ether oxygens (including phenoxy) is 1. The van der Waals surface area contributed by atoms with Crippen LogP contribution in [0.25, 0.3) is 5.69 Å². The lowest BCUT2D eigenvalue weighted by molar-refractivity contribution is 0.0755. The van der Waals surface area contributed by atoms with Gasteiger partial charge in [0.2, 0.25) is 5.75 Å². The molecule has 5 rings (SSSR count). The van der Waals surface area contributed by atoms with Crippen LogP contribution in [0, 0.1) is 5.41 Å². The molecule has 2 aromatic carbocycles. The fourth-order valence-electron chi connectivity index (χ4n) is 5.47. The van der Waals surface area contributed by atoms with Gasteiger partial charge >= 0.3 is 5.56 Å². The predicted octanol–water partition coefficient (Wildman–Crippen LogP) is 4.48. The number of hydrogen-bond acceptors (Lipinski definition) is 7. The standard InChI is InChI=1S/C33H43ClN6O5S/c1-4-14-38(15-5-2)31(41)26-9-6-8-25(20-26)22-36-46(43,44)39-18-16-37(17-19-39)29-23-35-40(28-11-7-10-27(34)21-28)32(42)30(29)45-24-33(3)12-13-33/h6-11,20-21,23,36H,4-5,12-19,22,24H2,1-3H3. The van der Waals surface area contributed by atoms with Crippen LogP contribution in [0.5, 0.6) is 5.75 Å². The summed E-state index contributed by atoms with van der Waals surface area (Å²) < 4.78 is 38.1. The Morgan fingerprint density at radius 3 is 2.39 bits per heavy atom. The van der Waals surface area contributed by atoms with Crippen molar-refractivity contribution in [3.05, 3.63) is 81.2 Å². The van der Waals surface area contributed by atoms with Crippen LogP contribution in [0.3, 0.4) is 0 Å². The topological polar surface area (TPSA) is 117 Å². The minimum absolute atomic E-state index is 0.0452. The predicted molar refractivity (Wildman–Crippen MR) is 180 cm³/mol. The van der Waals surface area contributed by atoms with Gasteiger partial charge in [0.1, 0.15) is 5.69 Å². The van der Waals surface area contributed by atoms with Gasteiger partial charge in [0.25, 0.3) is 16.1 Å². The monoisotopic (exact) mass is 670 g/mol. The number of hydrogen-bond donors (Lipinski definition) is 1. The minimum Gasteiger partial charge on any atom is -0.486 e. The summed E-state index contributed by atoms with van der Waals surface area (Å²) in [5, 5.41) is 4.91. The summed E-state index contributed by atoms with van der Waals surface area (Å²) in [6.07, 6.45) is 5.42. The molecule has 0 radical (unpaired) electrons. The SMILES string of the molecule is CCCN(CCC)C(=O)c1cccc(CNS(=O)(=O)N2CCN(c3cnn(-c4cccc(Cl)c4)c(=O)c3OCC3(C)CC3)CC2)c1. The van der Waals surface area contributed by atoms with Crippen molar-refractivity contribution in [2.45, 2.75) is 53.0 Å². The van der Waals surface area contributed by atoms with Crippen molar-refractivity contribution >= 4 is 33.4 Å². The average Bonchev–Trinajstić information content (AvgIpc) is 3.79. The first-order chi connectivity index (χ1) is 22.0. The summed E-state index contributed by atoms with van der Waals surface area (Å²) in [6.45, 7) is 9.17. The highest BCUT2D eigenvalue weighted by Gasteiger charge is 2.39. The van der Waals surface area contributed by atoms with Gasteiger partial charge in [-0.25, -0.2) is 0 Å². The number of nitrogens with one attached hydrogen (secondary N) is 1. The van der Waals surface area contributed by atoms with Crippen molar-refractivity contribution in [2.75, 3.05) is 50.8 Å². The summed E-state index contributed by atoms with van der Waals surface area (Å²) in [7, 11) is -3.80. The van der Waals surface area contributed by atoms with Crippen LogP contribution >= 0.6 is 11.6 Å². The third-order valence-electron chi connectivity index (χ3n) is 8.46. The van der Waals surface area contributed by atoms with E-state index < -0.39 is 15.8 Å². The maximum Gasteiger partial charge on any atom is 0.316 e. The lowest BCUT2D eigenvalue weighted by Gasteiger charge is -2.35. The lowest BCUT2D eigenvalue weighted by Crippen LogP contribution is -2.52. The molecule has 248 valence electrons. The highest BCUT2D eigenvalue weighted by Crippen LogP contribution is 2.45. The molecule has 0 bridgehead atoms. The van der Waals surface area contributed by atoms with E-state index >= 15 is 0 Å². The van der Waals surface area contributed by atoms with Crippen LogP contribution in [0.2, 0.25) is 5.02 Å². The van der Waals surface area contributed by atoms with Crippen LogP contribution in [0.15, 0.2) is 59.5 Å².